The van der Waals surface area contributed by atoms with Crippen LogP contribution in [0.5, 0.6) is 0 Å². The predicted octanol–water partition coefficient (Wildman–Crippen LogP) is 4.09. The molecule has 0 saturated carbocycles. The zero-order chi connectivity index (χ0) is 14.2. The Morgan fingerprint density at radius 3 is 2.11 bits per heavy atom. The first-order valence-electron chi connectivity index (χ1n) is 7.33. The normalized spacial score (nSPS) is 8.95. The molecule has 0 heterocycles. The van der Waals surface area contributed by atoms with Gasteiger partial charge in [-0.25, -0.2) is 0 Å². The summed E-state index contributed by atoms with van der Waals surface area (Å²) in [7, 11) is 1.40. The predicted molar refractivity (Wildman–Crippen MR) is 79.4 cm³/mol. The lowest BCUT2D eigenvalue weighted by atomic mass is 10.1. The largest absolute Gasteiger partial charge is 0.469 e. The van der Waals surface area contributed by atoms with Gasteiger partial charge in [-0.2, -0.15) is 0 Å². The summed E-state index contributed by atoms with van der Waals surface area (Å²) in [6, 6.07) is 0. The topological polar surface area (TPSA) is 26.3 Å². The zero-order valence-corrected chi connectivity index (χ0v) is 12.4. The molecule has 19 heavy (non-hydrogen) atoms. The second-order valence-electron chi connectivity index (χ2n) is 4.55. The standard InChI is InChI=1S/C17H26O2/c1-3-4-5-6-7-8-9-10-11-12-13-14-15-16-17(18)19-2/h3-9,14-16H2,1-2H3. The summed E-state index contributed by atoms with van der Waals surface area (Å²) < 4.78 is 4.54. The molecule has 0 rings (SSSR count). The summed E-state index contributed by atoms with van der Waals surface area (Å²) in [4.78, 5) is 10.8. The van der Waals surface area contributed by atoms with Gasteiger partial charge in [-0.15, -0.1) is 0 Å². The van der Waals surface area contributed by atoms with Crippen LogP contribution in [-0.2, 0) is 9.53 Å². The van der Waals surface area contributed by atoms with Gasteiger partial charge in [-0.05, 0) is 24.7 Å². The van der Waals surface area contributed by atoms with Gasteiger partial charge in [0, 0.05) is 19.3 Å². The first-order chi connectivity index (χ1) is 9.31. The molecule has 106 valence electrons. The smallest absolute Gasteiger partial charge is 0.305 e. The molecule has 0 aliphatic carbocycles. The molecule has 0 fully saturated rings. The van der Waals surface area contributed by atoms with E-state index < -0.39 is 0 Å². The third-order valence-electron chi connectivity index (χ3n) is 2.80. The van der Waals surface area contributed by atoms with Crippen molar-refractivity contribution in [3.63, 3.8) is 0 Å². The second-order valence-corrected chi connectivity index (χ2v) is 4.55. The maximum absolute atomic E-state index is 10.8. The molecule has 0 aliphatic heterocycles. The summed E-state index contributed by atoms with van der Waals surface area (Å²) in [5.41, 5.74) is 0. The van der Waals surface area contributed by atoms with E-state index in [1.807, 2.05) is 0 Å². The van der Waals surface area contributed by atoms with E-state index in [4.69, 9.17) is 0 Å². The molecular formula is C17H26O2. The van der Waals surface area contributed by atoms with Crippen LogP contribution < -0.4 is 0 Å². The maximum Gasteiger partial charge on any atom is 0.305 e. The van der Waals surface area contributed by atoms with Crippen molar-refractivity contribution in [2.75, 3.05) is 7.11 Å². The van der Waals surface area contributed by atoms with Crippen LogP contribution in [-0.4, -0.2) is 13.1 Å². The first-order valence-corrected chi connectivity index (χ1v) is 7.33. The van der Waals surface area contributed by atoms with Gasteiger partial charge in [0.15, 0.2) is 0 Å². The molecular weight excluding hydrogens is 236 g/mol. The number of hydrogen-bond acceptors (Lipinski definition) is 2. The average Bonchev–Trinajstić information content (AvgIpc) is 2.43. The van der Waals surface area contributed by atoms with Gasteiger partial charge in [-0.3, -0.25) is 4.79 Å². The molecule has 0 aromatic carbocycles. The lowest BCUT2D eigenvalue weighted by Crippen LogP contribution is -1.98. The van der Waals surface area contributed by atoms with Crippen molar-refractivity contribution < 1.29 is 9.53 Å². The van der Waals surface area contributed by atoms with Gasteiger partial charge in [0.25, 0.3) is 0 Å². The summed E-state index contributed by atoms with van der Waals surface area (Å²) in [6.45, 7) is 2.23. The number of carbonyl (C=O) groups is 1. The van der Waals surface area contributed by atoms with Gasteiger partial charge >= 0.3 is 5.97 Å². The number of ether oxygens (including phenoxy) is 1. The molecule has 0 saturated heterocycles. The molecule has 0 bridgehead atoms. The van der Waals surface area contributed by atoms with E-state index in [1.54, 1.807) is 0 Å². The Hall–Kier alpha value is -1.41. The molecule has 0 N–H and O–H groups in total. The average molecular weight is 262 g/mol. The summed E-state index contributed by atoms with van der Waals surface area (Å²) in [5, 5.41) is 0. The van der Waals surface area contributed by atoms with Gasteiger partial charge in [0.05, 0.1) is 7.11 Å². The van der Waals surface area contributed by atoms with Gasteiger partial charge in [-0.1, -0.05) is 50.9 Å². The fraction of sp³-hybridized carbons (Fsp3) is 0.706. The van der Waals surface area contributed by atoms with E-state index in [-0.39, 0.29) is 5.97 Å². The number of unbranched alkanes of at least 4 members (excludes halogenated alkanes) is 7. The molecule has 0 atom stereocenters. The van der Waals surface area contributed by atoms with Crippen LogP contribution in [0.4, 0.5) is 0 Å². The fourth-order valence-corrected chi connectivity index (χ4v) is 1.63. The maximum atomic E-state index is 10.8. The zero-order valence-electron chi connectivity index (χ0n) is 12.4. The van der Waals surface area contributed by atoms with Crippen molar-refractivity contribution in [2.24, 2.45) is 0 Å². The van der Waals surface area contributed by atoms with Crippen molar-refractivity contribution in [1.82, 2.24) is 0 Å². The fourth-order valence-electron chi connectivity index (χ4n) is 1.63. The van der Waals surface area contributed by atoms with Gasteiger partial charge in [0.2, 0.25) is 0 Å². The van der Waals surface area contributed by atoms with Crippen molar-refractivity contribution >= 4 is 5.97 Å². The van der Waals surface area contributed by atoms with E-state index in [0.717, 1.165) is 12.8 Å². The molecule has 0 spiro atoms. The Kier molecular flexibility index (Phi) is 13.6. The van der Waals surface area contributed by atoms with E-state index in [1.165, 1.54) is 45.6 Å². The van der Waals surface area contributed by atoms with Crippen LogP contribution in [0, 0.1) is 23.7 Å². The molecule has 0 aliphatic rings. The number of carbonyl (C=O) groups excluding carboxylic acids is 1. The minimum absolute atomic E-state index is 0.170. The van der Waals surface area contributed by atoms with Gasteiger partial charge in [0.1, 0.15) is 0 Å². The van der Waals surface area contributed by atoms with Crippen molar-refractivity contribution in [3.05, 3.63) is 0 Å². The van der Waals surface area contributed by atoms with Crippen molar-refractivity contribution in [2.45, 2.75) is 71.1 Å². The lowest BCUT2D eigenvalue weighted by molar-refractivity contribution is -0.140. The van der Waals surface area contributed by atoms with E-state index in [0.29, 0.717) is 12.8 Å². The number of hydrogen-bond donors (Lipinski definition) is 0. The monoisotopic (exact) mass is 262 g/mol. The van der Waals surface area contributed by atoms with Crippen LogP contribution in [0.2, 0.25) is 0 Å². The molecule has 2 heteroatoms. The van der Waals surface area contributed by atoms with Crippen LogP contribution in [0.1, 0.15) is 71.1 Å². The summed E-state index contributed by atoms with van der Waals surface area (Å²) in [5.74, 6) is 11.5. The highest BCUT2D eigenvalue weighted by Crippen LogP contribution is 2.05. The van der Waals surface area contributed by atoms with Crippen LogP contribution in [0.25, 0.3) is 0 Å². The summed E-state index contributed by atoms with van der Waals surface area (Å²) >= 11 is 0. The van der Waals surface area contributed by atoms with Gasteiger partial charge < -0.3 is 4.74 Å². The highest BCUT2D eigenvalue weighted by Gasteiger charge is 1.96. The summed E-state index contributed by atoms with van der Waals surface area (Å²) in [6.07, 6.45) is 10.6. The van der Waals surface area contributed by atoms with Crippen molar-refractivity contribution in [3.8, 4) is 23.7 Å². The Morgan fingerprint density at radius 2 is 1.47 bits per heavy atom. The molecule has 0 aromatic rings. The molecule has 0 unspecified atom stereocenters. The Morgan fingerprint density at radius 1 is 0.895 bits per heavy atom. The van der Waals surface area contributed by atoms with Crippen LogP contribution >= 0.6 is 0 Å². The number of rotatable bonds is 9. The van der Waals surface area contributed by atoms with E-state index in [2.05, 4.69) is 35.3 Å². The van der Waals surface area contributed by atoms with E-state index >= 15 is 0 Å². The second kappa shape index (κ2) is 14.7. The van der Waals surface area contributed by atoms with Crippen LogP contribution in [0.15, 0.2) is 0 Å². The van der Waals surface area contributed by atoms with Crippen molar-refractivity contribution in [1.29, 1.82) is 0 Å². The first kappa shape index (κ1) is 17.6. The SMILES string of the molecule is CCCCCCCCC#CC#CCCCC(=O)OC. The molecule has 0 amide bonds. The highest BCUT2D eigenvalue weighted by molar-refractivity contribution is 5.69. The quantitative estimate of drug-likeness (QED) is 0.355. The highest BCUT2D eigenvalue weighted by atomic mass is 16.5. The Bertz CT molecular complexity index is 336. The Labute approximate surface area is 118 Å². The molecule has 0 radical (unpaired) electrons. The van der Waals surface area contributed by atoms with Crippen LogP contribution in [0.3, 0.4) is 0 Å². The number of methoxy groups -OCH3 is 1. The third-order valence-corrected chi connectivity index (χ3v) is 2.80. The molecule has 0 aromatic heterocycles. The lowest BCUT2D eigenvalue weighted by Gasteiger charge is -1.96. The molecule has 2 nitrogen and oxygen atoms in total. The minimum atomic E-state index is -0.170. The minimum Gasteiger partial charge on any atom is -0.469 e. The number of esters is 1. The Balaban J connectivity index is 3.37. The van der Waals surface area contributed by atoms with E-state index in [9.17, 15) is 4.79 Å². The third kappa shape index (κ3) is 14.5.